The minimum absolute atomic E-state index is 0.0926. The maximum absolute atomic E-state index is 10.2. The Kier molecular flexibility index (Phi) is 31.2. The Balaban J connectivity index is -0.000000122. The van der Waals surface area contributed by atoms with Crippen molar-refractivity contribution in [3.63, 3.8) is 0 Å². The minimum atomic E-state index is -3.28. The van der Waals surface area contributed by atoms with Crippen LogP contribution in [0.4, 0.5) is 0 Å². The number of rotatable bonds is 9. The van der Waals surface area contributed by atoms with Crippen LogP contribution in [0.25, 0.3) is 0 Å². The van der Waals surface area contributed by atoms with E-state index in [9.17, 15) is 16.8 Å². The van der Waals surface area contributed by atoms with Crippen molar-refractivity contribution < 1.29 is 45.1 Å². The van der Waals surface area contributed by atoms with E-state index >= 15 is 0 Å². The van der Waals surface area contributed by atoms with Crippen LogP contribution in [-0.4, -0.2) is 103 Å². The zero-order chi connectivity index (χ0) is 20.8. The molecule has 0 aromatic heterocycles. The van der Waals surface area contributed by atoms with E-state index in [1.54, 1.807) is 21.3 Å². The summed E-state index contributed by atoms with van der Waals surface area (Å²) in [5.41, 5.74) is 0. The number of hydrogen-bond donors (Lipinski definition) is 1. The molecule has 0 saturated heterocycles. The van der Waals surface area contributed by atoms with Gasteiger partial charge in [-0.2, -0.15) is 8.42 Å². The molecule has 10 nitrogen and oxygen atoms in total. The van der Waals surface area contributed by atoms with Crippen LogP contribution in [0.5, 0.6) is 0 Å². The van der Waals surface area contributed by atoms with E-state index in [-0.39, 0.29) is 13.2 Å². The quantitative estimate of drug-likeness (QED) is 0.292. The number of aliphatic hydroxyl groups excluding tert-OH is 1. The van der Waals surface area contributed by atoms with Gasteiger partial charge >= 0.3 is 0 Å². The van der Waals surface area contributed by atoms with Gasteiger partial charge in [0.05, 0.1) is 52.2 Å². The lowest BCUT2D eigenvalue weighted by Gasteiger charge is -1.97. The van der Waals surface area contributed by atoms with E-state index in [1.165, 1.54) is 7.11 Å². The third-order valence-corrected chi connectivity index (χ3v) is 1.97. The summed E-state index contributed by atoms with van der Waals surface area (Å²) >= 11 is 0. The van der Waals surface area contributed by atoms with Crippen molar-refractivity contribution in [2.24, 2.45) is 0 Å². The molecule has 0 aromatic carbocycles. The lowest BCUT2D eigenvalue weighted by molar-refractivity contribution is 0.103. The zero-order valence-corrected chi connectivity index (χ0v) is 17.9. The molecule has 0 aliphatic carbocycles. The van der Waals surface area contributed by atoms with E-state index in [4.69, 9.17) is 5.11 Å². The summed E-state index contributed by atoms with van der Waals surface area (Å²) in [6.07, 6.45) is 1.93. The van der Waals surface area contributed by atoms with Gasteiger partial charge in [0.1, 0.15) is 0 Å². The lowest BCUT2D eigenvalue weighted by atomic mass is 10.8. The Bertz CT molecular complexity index is 411. The minimum Gasteiger partial charge on any atom is -0.394 e. The Morgan fingerprint density at radius 1 is 0.720 bits per heavy atom. The van der Waals surface area contributed by atoms with Gasteiger partial charge < -0.3 is 24.1 Å². The molecule has 0 unspecified atom stereocenters. The molecule has 0 radical (unpaired) electrons. The summed E-state index contributed by atoms with van der Waals surface area (Å²) in [4.78, 5) is 0. The second-order valence-electron chi connectivity index (χ2n) is 3.90. The van der Waals surface area contributed by atoms with Crippen LogP contribution in [0, 0.1) is 0 Å². The molecule has 1 N–H and O–H groups in total. The fourth-order valence-corrected chi connectivity index (χ4v) is 0.897. The highest BCUT2D eigenvalue weighted by Crippen LogP contribution is 1.84. The Morgan fingerprint density at radius 3 is 1.16 bits per heavy atom. The fraction of sp³-hybridized carbons (Fsp3) is 1.00. The standard InChI is InChI=1S/C4H10O4S.C4H10O2.C3H8O2.CH3ClO2S/c1-7-3-4-8-9(2,5)6;1-5-3-4-6-2;1-5-3-2-4;1-5(2,3)4/h3-4H2,1-2H3;3-4H2,1-2H3;4H,2-3H2,1H3;1H3. The average Bonchev–Trinajstić information content (AvgIpc) is 2.44. The number of ether oxygens (including phenoxy) is 4. The second-order valence-corrected chi connectivity index (χ2v) is 8.59. The molecule has 0 spiro atoms. The van der Waals surface area contributed by atoms with Crippen molar-refractivity contribution in [1.82, 2.24) is 0 Å². The van der Waals surface area contributed by atoms with Gasteiger partial charge in [0, 0.05) is 39.1 Å². The van der Waals surface area contributed by atoms with Gasteiger partial charge in [0.15, 0.2) is 0 Å². The van der Waals surface area contributed by atoms with Gasteiger partial charge in [0.2, 0.25) is 9.05 Å². The topological polar surface area (TPSA) is 135 Å². The monoisotopic (exact) mass is 434 g/mol. The molecule has 0 bridgehead atoms. The highest BCUT2D eigenvalue weighted by molar-refractivity contribution is 8.13. The molecule has 0 atom stereocenters. The van der Waals surface area contributed by atoms with Crippen molar-refractivity contribution in [2.45, 2.75) is 0 Å². The van der Waals surface area contributed by atoms with E-state index in [0.29, 0.717) is 26.4 Å². The van der Waals surface area contributed by atoms with Crippen LogP contribution in [-0.2, 0) is 42.3 Å². The van der Waals surface area contributed by atoms with Crippen LogP contribution >= 0.6 is 10.7 Å². The van der Waals surface area contributed by atoms with Crippen LogP contribution in [0.15, 0.2) is 0 Å². The molecule has 158 valence electrons. The van der Waals surface area contributed by atoms with Gasteiger partial charge in [0.25, 0.3) is 10.1 Å². The summed E-state index contributed by atoms with van der Waals surface area (Å²) in [5.74, 6) is 0. The molecular formula is C12H31ClO10S2. The molecule has 0 fully saturated rings. The molecule has 0 heterocycles. The second kappa shape index (κ2) is 23.9. The summed E-state index contributed by atoms with van der Waals surface area (Å²) in [7, 11) is 4.36. The maximum Gasteiger partial charge on any atom is 0.264 e. The Labute approximate surface area is 155 Å². The van der Waals surface area contributed by atoms with E-state index in [1.807, 2.05) is 0 Å². The Morgan fingerprint density at radius 2 is 1.00 bits per heavy atom. The van der Waals surface area contributed by atoms with Gasteiger partial charge in [-0.15, -0.1) is 0 Å². The van der Waals surface area contributed by atoms with Crippen molar-refractivity contribution in [1.29, 1.82) is 0 Å². The lowest BCUT2D eigenvalue weighted by Crippen LogP contribution is -2.07. The highest BCUT2D eigenvalue weighted by atomic mass is 35.7. The first-order valence-electron chi connectivity index (χ1n) is 6.70. The highest BCUT2D eigenvalue weighted by Gasteiger charge is 1.98. The Hall–Kier alpha value is -0.0500. The summed E-state index contributed by atoms with van der Waals surface area (Å²) in [6.45, 7) is 2.34. The maximum atomic E-state index is 10.2. The number of hydrogen-bond acceptors (Lipinski definition) is 10. The molecular weight excluding hydrogens is 404 g/mol. The third-order valence-electron chi connectivity index (χ3n) is 1.37. The molecule has 0 rings (SSSR count). The van der Waals surface area contributed by atoms with E-state index in [0.717, 1.165) is 12.5 Å². The van der Waals surface area contributed by atoms with Gasteiger partial charge in [-0.1, -0.05) is 0 Å². The normalized spacial score (nSPS) is 10.4. The molecule has 0 aromatic rings. The van der Waals surface area contributed by atoms with Crippen molar-refractivity contribution in [3.05, 3.63) is 0 Å². The SMILES string of the molecule is COCCO.COCCOC.COCCOS(C)(=O)=O.CS(=O)(=O)Cl. The summed E-state index contributed by atoms with van der Waals surface area (Å²) in [6, 6.07) is 0. The molecule has 0 aliphatic rings. The summed E-state index contributed by atoms with van der Waals surface area (Å²) < 4.78 is 61.9. The average molecular weight is 435 g/mol. The predicted octanol–water partition coefficient (Wildman–Crippen LogP) is -0.302. The van der Waals surface area contributed by atoms with Crippen LogP contribution in [0.2, 0.25) is 0 Å². The van der Waals surface area contributed by atoms with Crippen molar-refractivity contribution in [3.8, 4) is 0 Å². The van der Waals surface area contributed by atoms with Crippen LogP contribution < -0.4 is 0 Å². The van der Waals surface area contributed by atoms with Gasteiger partial charge in [-0.05, 0) is 0 Å². The summed E-state index contributed by atoms with van der Waals surface area (Å²) in [5, 5.41) is 7.94. The first kappa shape index (κ1) is 32.6. The van der Waals surface area contributed by atoms with Crippen molar-refractivity contribution in [2.75, 3.05) is 80.6 Å². The number of aliphatic hydroxyl groups is 1. The van der Waals surface area contributed by atoms with Crippen LogP contribution in [0.1, 0.15) is 0 Å². The molecule has 0 amide bonds. The fourth-order valence-electron chi connectivity index (χ4n) is 0.527. The smallest absolute Gasteiger partial charge is 0.264 e. The van der Waals surface area contributed by atoms with Crippen molar-refractivity contribution >= 4 is 29.9 Å². The van der Waals surface area contributed by atoms with E-state index in [2.05, 4.69) is 33.8 Å². The number of methoxy groups -OCH3 is 4. The van der Waals surface area contributed by atoms with E-state index < -0.39 is 19.2 Å². The first-order chi connectivity index (χ1) is 11.4. The largest absolute Gasteiger partial charge is 0.394 e. The predicted molar refractivity (Wildman–Crippen MR) is 96.1 cm³/mol. The molecule has 25 heavy (non-hydrogen) atoms. The molecule has 13 heteroatoms. The zero-order valence-electron chi connectivity index (χ0n) is 15.6. The number of halogens is 1. The van der Waals surface area contributed by atoms with Gasteiger partial charge in [-0.25, -0.2) is 8.42 Å². The molecule has 0 aliphatic heterocycles. The van der Waals surface area contributed by atoms with Gasteiger partial charge in [-0.3, -0.25) is 4.18 Å². The van der Waals surface area contributed by atoms with Crippen LogP contribution in [0.3, 0.4) is 0 Å². The third kappa shape index (κ3) is 96.2. The first-order valence-corrected chi connectivity index (χ1v) is 11.2. The molecule has 0 saturated carbocycles.